The lowest BCUT2D eigenvalue weighted by Gasteiger charge is -2.23. The molecule has 100 valence electrons. The van der Waals surface area contributed by atoms with Gasteiger partial charge in [-0.05, 0) is 22.7 Å². The summed E-state index contributed by atoms with van der Waals surface area (Å²) >= 11 is 0. The van der Waals surface area contributed by atoms with Crippen molar-refractivity contribution in [2.45, 2.75) is 39.4 Å². The fourth-order valence-electron chi connectivity index (χ4n) is 2.34. The van der Waals surface area contributed by atoms with Gasteiger partial charge in [0.15, 0.2) is 0 Å². The van der Waals surface area contributed by atoms with E-state index in [9.17, 15) is 0 Å². The smallest absolute Gasteiger partial charge is 0.0799 e. The van der Waals surface area contributed by atoms with Crippen molar-refractivity contribution in [2.24, 2.45) is 0 Å². The molecule has 0 N–H and O–H groups in total. The van der Waals surface area contributed by atoms with Crippen molar-refractivity contribution < 1.29 is 0 Å². The van der Waals surface area contributed by atoms with E-state index in [1.807, 2.05) is 6.07 Å². The van der Waals surface area contributed by atoms with Gasteiger partial charge in [0.2, 0.25) is 0 Å². The van der Waals surface area contributed by atoms with Crippen molar-refractivity contribution in [2.75, 3.05) is 0 Å². The van der Waals surface area contributed by atoms with E-state index in [4.69, 9.17) is 4.98 Å². The van der Waals surface area contributed by atoms with Crippen LogP contribution in [0.15, 0.2) is 42.6 Å². The van der Waals surface area contributed by atoms with Crippen LogP contribution in [0.2, 0.25) is 19.6 Å². The predicted octanol–water partition coefficient (Wildman–Crippen LogP) is 4.42. The summed E-state index contributed by atoms with van der Waals surface area (Å²) in [6.07, 6.45) is 2.11. The Bertz CT molecular complexity index is 553. The van der Waals surface area contributed by atoms with E-state index < -0.39 is 8.07 Å². The number of rotatable bonds is 3. The van der Waals surface area contributed by atoms with Crippen LogP contribution in [-0.4, -0.2) is 13.1 Å². The van der Waals surface area contributed by atoms with E-state index >= 15 is 0 Å². The van der Waals surface area contributed by atoms with Crippen molar-refractivity contribution in [3.05, 3.63) is 48.2 Å². The molecule has 1 aromatic heterocycles. The standard InChI is InChI=1S/C17H23NSi/c1-13(2)15-11-16(14-9-7-6-8-10-14)18-12-17(15)19(3,4)5/h6-13H,1-5H3. The minimum atomic E-state index is -1.33. The quantitative estimate of drug-likeness (QED) is 0.752. The molecule has 0 aliphatic heterocycles. The maximum absolute atomic E-state index is 4.69. The van der Waals surface area contributed by atoms with Gasteiger partial charge in [-0.2, -0.15) is 0 Å². The summed E-state index contributed by atoms with van der Waals surface area (Å²) in [4.78, 5) is 4.69. The highest BCUT2D eigenvalue weighted by atomic mass is 28.3. The molecule has 2 rings (SSSR count). The molecule has 2 heteroatoms. The lowest BCUT2D eigenvalue weighted by molar-refractivity contribution is 0.870. The summed E-state index contributed by atoms with van der Waals surface area (Å²) in [6, 6.07) is 12.7. The minimum Gasteiger partial charge on any atom is -0.256 e. The highest BCUT2D eigenvalue weighted by Crippen LogP contribution is 2.22. The Labute approximate surface area is 117 Å². The van der Waals surface area contributed by atoms with E-state index in [-0.39, 0.29) is 0 Å². The topological polar surface area (TPSA) is 12.9 Å². The van der Waals surface area contributed by atoms with Crippen LogP contribution in [0.5, 0.6) is 0 Å². The first kappa shape index (κ1) is 14.0. The Morgan fingerprint density at radius 3 is 2.16 bits per heavy atom. The molecule has 0 saturated carbocycles. The molecule has 1 aromatic carbocycles. The van der Waals surface area contributed by atoms with Gasteiger partial charge in [0.1, 0.15) is 0 Å². The summed E-state index contributed by atoms with van der Waals surface area (Å²) in [5, 5.41) is 1.49. The molecule has 0 radical (unpaired) electrons. The number of pyridine rings is 1. The normalized spacial score (nSPS) is 11.9. The summed E-state index contributed by atoms with van der Waals surface area (Å²) in [5.41, 5.74) is 3.76. The van der Waals surface area contributed by atoms with Crippen LogP contribution in [0.4, 0.5) is 0 Å². The molecular formula is C17H23NSi. The lowest BCUT2D eigenvalue weighted by Crippen LogP contribution is -2.40. The number of benzene rings is 1. The van der Waals surface area contributed by atoms with Gasteiger partial charge in [0, 0.05) is 11.8 Å². The third-order valence-electron chi connectivity index (χ3n) is 3.44. The first-order chi connectivity index (χ1) is 8.89. The van der Waals surface area contributed by atoms with Gasteiger partial charge < -0.3 is 0 Å². The maximum Gasteiger partial charge on any atom is 0.0799 e. The average Bonchev–Trinajstić information content (AvgIpc) is 2.38. The van der Waals surface area contributed by atoms with Crippen LogP contribution >= 0.6 is 0 Å². The summed E-state index contributed by atoms with van der Waals surface area (Å²) in [5.74, 6) is 0.548. The minimum absolute atomic E-state index is 0.548. The second-order valence-corrected chi connectivity index (χ2v) is 11.5. The zero-order valence-corrected chi connectivity index (χ0v) is 13.6. The van der Waals surface area contributed by atoms with Gasteiger partial charge in [0.05, 0.1) is 13.8 Å². The fourth-order valence-corrected chi connectivity index (χ4v) is 4.02. The van der Waals surface area contributed by atoms with Gasteiger partial charge in [0.25, 0.3) is 0 Å². The monoisotopic (exact) mass is 269 g/mol. The molecule has 0 atom stereocenters. The van der Waals surface area contributed by atoms with Crippen LogP contribution in [0.25, 0.3) is 11.3 Å². The van der Waals surface area contributed by atoms with Crippen LogP contribution in [0, 0.1) is 0 Å². The molecule has 0 unspecified atom stereocenters. The molecular weight excluding hydrogens is 246 g/mol. The largest absolute Gasteiger partial charge is 0.256 e. The lowest BCUT2D eigenvalue weighted by atomic mass is 10.0. The summed E-state index contributed by atoms with van der Waals surface area (Å²) in [6.45, 7) is 11.7. The third-order valence-corrected chi connectivity index (χ3v) is 5.47. The van der Waals surface area contributed by atoms with Crippen molar-refractivity contribution >= 4 is 13.3 Å². The molecule has 1 heterocycles. The average molecular weight is 269 g/mol. The van der Waals surface area contributed by atoms with Crippen molar-refractivity contribution in [3.8, 4) is 11.3 Å². The van der Waals surface area contributed by atoms with E-state index in [0.717, 1.165) is 5.69 Å². The van der Waals surface area contributed by atoms with Gasteiger partial charge in [-0.25, -0.2) is 0 Å². The third kappa shape index (κ3) is 3.13. The number of hydrogen-bond donors (Lipinski definition) is 0. The van der Waals surface area contributed by atoms with Gasteiger partial charge in [-0.3, -0.25) is 4.98 Å². The second kappa shape index (κ2) is 5.30. The first-order valence-electron chi connectivity index (χ1n) is 6.95. The van der Waals surface area contributed by atoms with Crippen molar-refractivity contribution in [1.82, 2.24) is 4.98 Å². The van der Waals surface area contributed by atoms with Crippen LogP contribution in [0.1, 0.15) is 25.3 Å². The molecule has 0 aliphatic carbocycles. The zero-order chi connectivity index (χ0) is 14.0. The molecule has 19 heavy (non-hydrogen) atoms. The van der Waals surface area contributed by atoms with Gasteiger partial charge in [-0.15, -0.1) is 0 Å². The van der Waals surface area contributed by atoms with Crippen LogP contribution in [-0.2, 0) is 0 Å². The number of hydrogen-bond acceptors (Lipinski definition) is 1. The predicted molar refractivity (Wildman–Crippen MR) is 86.7 cm³/mol. The van der Waals surface area contributed by atoms with E-state index in [1.54, 1.807) is 0 Å². The molecule has 0 fully saturated rings. The summed E-state index contributed by atoms with van der Waals surface area (Å²) in [7, 11) is -1.33. The first-order valence-corrected chi connectivity index (χ1v) is 10.5. The summed E-state index contributed by atoms with van der Waals surface area (Å²) < 4.78 is 0. The van der Waals surface area contributed by atoms with E-state index in [1.165, 1.54) is 16.3 Å². The maximum atomic E-state index is 4.69. The van der Waals surface area contributed by atoms with Gasteiger partial charge >= 0.3 is 0 Å². The molecule has 0 amide bonds. The molecule has 0 spiro atoms. The SMILES string of the molecule is CC(C)c1cc(-c2ccccc2)ncc1[Si](C)(C)C. The van der Waals surface area contributed by atoms with E-state index in [0.29, 0.717) is 5.92 Å². The van der Waals surface area contributed by atoms with Crippen molar-refractivity contribution in [1.29, 1.82) is 0 Å². The van der Waals surface area contributed by atoms with Crippen LogP contribution in [0.3, 0.4) is 0 Å². The Balaban J connectivity index is 2.55. The molecule has 0 aliphatic rings. The van der Waals surface area contributed by atoms with E-state index in [2.05, 4.69) is 70.0 Å². The Morgan fingerprint density at radius 1 is 1.00 bits per heavy atom. The molecule has 0 saturated heterocycles. The highest BCUT2D eigenvalue weighted by molar-refractivity contribution is 6.89. The molecule has 2 aromatic rings. The number of aromatic nitrogens is 1. The second-order valence-electron chi connectivity index (χ2n) is 6.43. The zero-order valence-electron chi connectivity index (χ0n) is 12.6. The highest BCUT2D eigenvalue weighted by Gasteiger charge is 2.22. The van der Waals surface area contributed by atoms with Gasteiger partial charge in [-0.1, -0.05) is 63.8 Å². The van der Waals surface area contributed by atoms with Crippen LogP contribution < -0.4 is 5.19 Å². The van der Waals surface area contributed by atoms with Crippen molar-refractivity contribution in [3.63, 3.8) is 0 Å². The molecule has 0 bridgehead atoms. The Hall–Kier alpha value is -1.41. The molecule has 1 nitrogen and oxygen atoms in total. The Kier molecular flexibility index (Phi) is 3.90. The number of nitrogens with zero attached hydrogens (tertiary/aromatic N) is 1. The Morgan fingerprint density at radius 2 is 1.63 bits per heavy atom. The fraction of sp³-hybridized carbons (Fsp3) is 0.353.